The SMILES string of the molecule is C[C@@H]1CCCCN1C(=O)c1cnc(-c2noc3cc(N4CCCCC4)ccc23)s1. The van der Waals surface area contributed by atoms with Crippen molar-refractivity contribution in [1.29, 1.82) is 0 Å². The summed E-state index contributed by atoms with van der Waals surface area (Å²) < 4.78 is 5.63. The number of aromatic nitrogens is 2. The van der Waals surface area contributed by atoms with Crippen molar-refractivity contribution in [2.75, 3.05) is 24.5 Å². The van der Waals surface area contributed by atoms with Gasteiger partial charge in [-0.2, -0.15) is 0 Å². The lowest BCUT2D eigenvalue weighted by atomic mass is 10.0. The van der Waals surface area contributed by atoms with Gasteiger partial charge in [-0.1, -0.05) is 5.16 Å². The van der Waals surface area contributed by atoms with Gasteiger partial charge in [-0.05, 0) is 57.6 Å². The minimum absolute atomic E-state index is 0.0844. The molecule has 29 heavy (non-hydrogen) atoms. The van der Waals surface area contributed by atoms with E-state index in [1.165, 1.54) is 42.7 Å². The number of piperidine rings is 2. The Kier molecular flexibility index (Phi) is 4.99. The summed E-state index contributed by atoms with van der Waals surface area (Å²) in [6.07, 6.45) is 8.83. The van der Waals surface area contributed by atoms with Gasteiger partial charge in [0.05, 0.1) is 11.6 Å². The second-order valence-corrected chi connectivity index (χ2v) is 9.16. The van der Waals surface area contributed by atoms with Crippen LogP contribution in [0.3, 0.4) is 0 Å². The van der Waals surface area contributed by atoms with E-state index >= 15 is 0 Å². The van der Waals surface area contributed by atoms with E-state index in [9.17, 15) is 4.79 Å². The quantitative estimate of drug-likeness (QED) is 0.611. The van der Waals surface area contributed by atoms with Gasteiger partial charge in [-0.15, -0.1) is 11.3 Å². The molecule has 0 unspecified atom stereocenters. The van der Waals surface area contributed by atoms with Gasteiger partial charge in [-0.3, -0.25) is 4.79 Å². The Morgan fingerprint density at radius 2 is 1.97 bits per heavy atom. The van der Waals surface area contributed by atoms with Crippen LogP contribution in [0.15, 0.2) is 28.9 Å². The largest absolute Gasteiger partial charge is 0.371 e. The zero-order chi connectivity index (χ0) is 19.8. The first kappa shape index (κ1) is 18.6. The average Bonchev–Trinajstić information content (AvgIpc) is 3.41. The van der Waals surface area contributed by atoms with Crippen LogP contribution in [0.25, 0.3) is 21.7 Å². The van der Waals surface area contributed by atoms with Crippen LogP contribution >= 0.6 is 11.3 Å². The molecule has 0 radical (unpaired) electrons. The van der Waals surface area contributed by atoms with Crippen LogP contribution in [-0.2, 0) is 0 Å². The molecule has 2 fully saturated rings. The number of nitrogens with zero attached hydrogens (tertiary/aromatic N) is 4. The van der Waals surface area contributed by atoms with Crippen LogP contribution in [0.5, 0.6) is 0 Å². The Labute approximate surface area is 174 Å². The van der Waals surface area contributed by atoms with E-state index in [-0.39, 0.29) is 5.91 Å². The Hall–Kier alpha value is -2.41. The summed E-state index contributed by atoms with van der Waals surface area (Å²) in [6.45, 7) is 5.15. The Morgan fingerprint density at radius 3 is 2.79 bits per heavy atom. The number of anilines is 1. The van der Waals surface area contributed by atoms with Gasteiger partial charge in [0.25, 0.3) is 5.91 Å². The highest BCUT2D eigenvalue weighted by molar-refractivity contribution is 7.17. The number of carbonyl (C=O) groups excluding carboxylic acids is 1. The number of carbonyl (C=O) groups is 1. The van der Waals surface area contributed by atoms with E-state index in [0.717, 1.165) is 54.1 Å². The molecule has 5 rings (SSSR count). The second-order valence-electron chi connectivity index (χ2n) is 8.13. The number of hydrogen-bond donors (Lipinski definition) is 0. The summed E-state index contributed by atoms with van der Waals surface area (Å²) >= 11 is 1.41. The maximum absolute atomic E-state index is 12.9. The van der Waals surface area contributed by atoms with E-state index in [2.05, 4.69) is 40.2 Å². The molecule has 2 aliphatic heterocycles. The first-order valence-electron chi connectivity index (χ1n) is 10.6. The summed E-state index contributed by atoms with van der Waals surface area (Å²) in [6, 6.07) is 6.58. The molecule has 6 nitrogen and oxygen atoms in total. The van der Waals surface area contributed by atoms with Gasteiger partial charge < -0.3 is 14.3 Å². The molecular weight excluding hydrogens is 384 g/mol. The van der Waals surface area contributed by atoms with Gasteiger partial charge in [0.2, 0.25) is 0 Å². The van der Waals surface area contributed by atoms with Crippen molar-refractivity contribution < 1.29 is 9.32 Å². The first-order chi connectivity index (χ1) is 14.2. The molecule has 0 aliphatic carbocycles. The van der Waals surface area contributed by atoms with Gasteiger partial charge in [0, 0.05) is 37.4 Å². The minimum atomic E-state index is 0.0844. The predicted molar refractivity (Wildman–Crippen MR) is 116 cm³/mol. The van der Waals surface area contributed by atoms with Crippen molar-refractivity contribution >= 4 is 33.9 Å². The van der Waals surface area contributed by atoms with E-state index in [1.54, 1.807) is 6.20 Å². The predicted octanol–water partition coefficient (Wildman–Crippen LogP) is 4.96. The van der Waals surface area contributed by atoms with Crippen molar-refractivity contribution in [3.05, 3.63) is 29.3 Å². The fourth-order valence-electron chi connectivity index (χ4n) is 4.45. The minimum Gasteiger partial charge on any atom is -0.371 e. The fourth-order valence-corrected chi connectivity index (χ4v) is 5.32. The third-order valence-corrected chi connectivity index (χ3v) is 7.15. The van der Waals surface area contributed by atoms with Crippen LogP contribution in [0.2, 0.25) is 0 Å². The smallest absolute Gasteiger partial charge is 0.265 e. The highest BCUT2D eigenvalue weighted by Crippen LogP contribution is 2.34. The number of fused-ring (bicyclic) bond motifs is 1. The Bertz CT molecular complexity index is 1020. The van der Waals surface area contributed by atoms with E-state index < -0.39 is 0 Å². The number of benzene rings is 1. The number of amides is 1. The standard InChI is InChI=1S/C22H26N4O2S/c1-15-7-3-6-12-26(15)22(27)19-14-23-21(29-19)20-17-9-8-16(13-18(17)28-24-20)25-10-4-2-5-11-25/h8-9,13-15H,2-7,10-12H2,1H3/t15-/m1/s1. The molecule has 3 aromatic rings. The van der Waals surface area contributed by atoms with Crippen molar-refractivity contribution in [2.45, 2.75) is 51.5 Å². The molecule has 1 atom stereocenters. The molecule has 7 heteroatoms. The van der Waals surface area contributed by atoms with Gasteiger partial charge >= 0.3 is 0 Å². The third kappa shape index (κ3) is 3.52. The molecule has 2 aromatic heterocycles. The molecule has 0 N–H and O–H groups in total. The first-order valence-corrected chi connectivity index (χ1v) is 11.4. The van der Waals surface area contributed by atoms with Gasteiger partial charge in [-0.25, -0.2) is 4.98 Å². The van der Waals surface area contributed by atoms with Crippen LogP contribution in [-0.4, -0.2) is 46.6 Å². The molecule has 0 bridgehead atoms. The molecule has 2 saturated heterocycles. The summed E-state index contributed by atoms with van der Waals surface area (Å²) in [5.41, 5.74) is 2.69. The summed E-state index contributed by atoms with van der Waals surface area (Å²) in [5.74, 6) is 0.0844. The van der Waals surface area contributed by atoms with Crippen molar-refractivity contribution in [3.63, 3.8) is 0 Å². The van der Waals surface area contributed by atoms with Crippen LogP contribution in [0, 0.1) is 0 Å². The summed E-state index contributed by atoms with van der Waals surface area (Å²) in [7, 11) is 0. The van der Waals surface area contributed by atoms with Gasteiger partial charge in [0.1, 0.15) is 15.6 Å². The van der Waals surface area contributed by atoms with E-state index in [1.807, 2.05) is 4.90 Å². The Balaban J connectivity index is 1.40. The third-order valence-electron chi connectivity index (χ3n) is 6.16. The molecule has 0 saturated carbocycles. The Morgan fingerprint density at radius 1 is 1.14 bits per heavy atom. The zero-order valence-corrected chi connectivity index (χ0v) is 17.6. The average molecular weight is 411 g/mol. The number of likely N-dealkylation sites (tertiary alicyclic amines) is 1. The lowest BCUT2D eigenvalue weighted by molar-refractivity contribution is 0.0640. The topological polar surface area (TPSA) is 62.5 Å². The van der Waals surface area contributed by atoms with Crippen molar-refractivity contribution in [1.82, 2.24) is 15.0 Å². The highest BCUT2D eigenvalue weighted by Gasteiger charge is 2.26. The number of rotatable bonds is 3. The molecule has 0 spiro atoms. The summed E-state index contributed by atoms with van der Waals surface area (Å²) in [5, 5.41) is 5.97. The highest BCUT2D eigenvalue weighted by atomic mass is 32.1. The van der Waals surface area contributed by atoms with E-state index in [4.69, 9.17) is 4.52 Å². The molecular formula is C22H26N4O2S. The second kappa shape index (κ2) is 7.78. The van der Waals surface area contributed by atoms with Crippen molar-refractivity contribution in [2.24, 2.45) is 0 Å². The molecule has 152 valence electrons. The number of thiazole rings is 1. The van der Waals surface area contributed by atoms with Crippen LogP contribution < -0.4 is 4.90 Å². The van der Waals surface area contributed by atoms with E-state index in [0.29, 0.717) is 10.9 Å². The maximum Gasteiger partial charge on any atom is 0.265 e. The molecule has 4 heterocycles. The number of hydrogen-bond acceptors (Lipinski definition) is 6. The maximum atomic E-state index is 12.9. The van der Waals surface area contributed by atoms with Crippen molar-refractivity contribution in [3.8, 4) is 10.7 Å². The normalized spacial score (nSPS) is 20.4. The zero-order valence-electron chi connectivity index (χ0n) is 16.8. The summed E-state index contributed by atoms with van der Waals surface area (Å²) in [4.78, 5) is 22.5. The molecule has 2 aliphatic rings. The molecule has 1 amide bonds. The lowest BCUT2D eigenvalue weighted by Crippen LogP contribution is -2.41. The van der Waals surface area contributed by atoms with Gasteiger partial charge in [0.15, 0.2) is 5.58 Å². The molecule has 1 aromatic carbocycles. The lowest BCUT2D eigenvalue weighted by Gasteiger charge is -2.32. The monoisotopic (exact) mass is 410 g/mol. The van der Waals surface area contributed by atoms with Crippen LogP contribution in [0.4, 0.5) is 5.69 Å². The fraction of sp³-hybridized carbons (Fsp3) is 0.500. The van der Waals surface area contributed by atoms with Crippen LogP contribution in [0.1, 0.15) is 55.1 Å².